The number of nitrogens with one attached hydrogen (secondary N) is 1. The highest BCUT2D eigenvalue weighted by Gasteiger charge is 2.21. The highest BCUT2D eigenvalue weighted by atomic mass is 16.5. The molecule has 1 aromatic heterocycles. The van der Waals surface area contributed by atoms with Crippen molar-refractivity contribution in [1.29, 1.82) is 0 Å². The number of methoxy groups -OCH3 is 1. The van der Waals surface area contributed by atoms with Crippen LogP contribution in [0.3, 0.4) is 0 Å². The fourth-order valence-corrected chi connectivity index (χ4v) is 2.85. The van der Waals surface area contributed by atoms with Crippen LogP contribution in [-0.4, -0.2) is 37.1 Å². The largest absolute Gasteiger partial charge is 0.497 e. The van der Waals surface area contributed by atoms with E-state index >= 15 is 0 Å². The van der Waals surface area contributed by atoms with Crippen LogP contribution in [-0.2, 0) is 7.05 Å². The lowest BCUT2D eigenvalue weighted by atomic mass is 10.1. The summed E-state index contributed by atoms with van der Waals surface area (Å²) in [5.41, 5.74) is 2.94. The van der Waals surface area contributed by atoms with Crippen molar-refractivity contribution in [3.63, 3.8) is 0 Å². The molecular formula is C17H25N2O2+. The Morgan fingerprint density at radius 1 is 1.29 bits per heavy atom. The van der Waals surface area contributed by atoms with Gasteiger partial charge in [0, 0.05) is 23.6 Å². The summed E-state index contributed by atoms with van der Waals surface area (Å²) in [5, 5.41) is 0.992. The van der Waals surface area contributed by atoms with Gasteiger partial charge in [-0.3, -0.25) is 4.79 Å². The first kappa shape index (κ1) is 15.6. The second-order valence-electron chi connectivity index (χ2n) is 5.46. The van der Waals surface area contributed by atoms with E-state index in [4.69, 9.17) is 4.74 Å². The number of Topliss-reactive ketones (excluding diaryl/α,β-unsaturated/α-hetero) is 1. The number of carbonyl (C=O) groups is 1. The number of hydrogen-bond donors (Lipinski definition) is 1. The van der Waals surface area contributed by atoms with Crippen LogP contribution in [0.5, 0.6) is 5.75 Å². The molecule has 114 valence electrons. The summed E-state index contributed by atoms with van der Waals surface area (Å²) in [6.45, 7) is 8.72. The smallest absolute Gasteiger partial charge is 0.219 e. The molecule has 21 heavy (non-hydrogen) atoms. The molecule has 0 saturated carbocycles. The Morgan fingerprint density at radius 2 is 1.95 bits per heavy atom. The summed E-state index contributed by atoms with van der Waals surface area (Å²) in [4.78, 5) is 14.1. The van der Waals surface area contributed by atoms with E-state index < -0.39 is 0 Å². The first-order valence-electron chi connectivity index (χ1n) is 7.53. The molecule has 2 aromatic rings. The molecule has 0 saturated heterocycles. The van der Waals surface area contributed by atoms with E-state index in [1.807, 2.05) is 32.2 Å². The van der Waals surface area contributed by atoms with Crippen LogP contribution in [0.2, 0.25) is 0 Å². The van der Waals surface area contributed by atoms with E-state index in [9.17, 15) is 4.79 Å². The van der Waals surface area contributed by atoms with Crippen LogP contribution in [0, 0.1) is 6.92 Å². The molecule has 0 bridgehead atoms. The zero-order valence-corrected chi connectivity index (χ0v) is 13.6. The average Bonchev–Trinajstić information content (AvgIpc) is 2.75. The van der Waals surface area contributed by atoms with Gasteiger partial charge in [-0.2, -0.15) is 0 Å². The number of aromatic nitrogens is 1. The Balaban J connectivity index is 2.51. The maximum atomic E-state index is 12.7. The molecule has 0 spiro atoms. The van der Waals surface area contributed by atoms with Crippen molar-refractivity contribution in [2.45, 2.75) is 20.8 Å². The minimum Gasteiger partial charge on any atom is -0.497 e. The SMILES string of the molecule is CC[NH+](CC)CC(=O)c1c(C)n(C)c2ccc(OC)cc12. The lowest BCUT2D eigenvalue weighted by Crippen LogP contribution is -3.12. The maximum absolute atomic E-state index is 12.7. The standard InChI is InChI=1S/C17H24N2O2/c1-6-19(7-2)11-16(20)17-12(3)18(4)15-9-8-13(21-5)10-14(15)17/h8-10H,6-7,11H2,1-5H3/p+1. The lowest BCUT2D eigenvalue weighted by molar-refractivity contribution is -0.887. The van der Waals surface area contributed by atoms with Crippen molar-refractivity contribution < 1.29 is 14.4 Å². The summed E-state index contributed by atoms with van der Waals surface area (Å²) < 4.78 is 7.39. The lowest BCUT2D eigenvalue weighted by Gasteiger charge is -2.14. The monoisotopic (exact) mass is 289 g/mol. The van der Waals surface area contributed by atoms with E-state index in [2.05, 4.69) is 18.4 Å². The number of likely N-dealkylation sites (N-methyl/N-ethyl adjacent to an activating group) is 1. The van der Waals surface area contributed by atoms with Gasteiger partial charge < -0.3 is 14.2 Å². The number of hydrogen-bond acceptors (Lipinski definition) is 2. The molecule has 0 aliphatic heterocycles. The number of fused-ring (bicyclic) bond motifs is 1. The van der Waals surface area contributed by atoms with E-state index in [0.717, 1.165) is 41.0 Å². The molecule has 0 radical (unpaired) electrons. The summed E-state index contributed by atoms with van der Waals surface area (Å²) in [6, 6.07) is 5.92. The first-order valence-corrected chi connectivity index (χ1v) is 7.53. The van der Waals surface area contributed by atoms with Gasteiger partial charge in [0.15, 0.2) is 0 Å². The molecule has 1 aromatic carbocycles. The molecule has 1 heterocycles. The van der Waals surface area contributed by atoms with Gasteiger partial charge in [-0.1, -0.05) is 0 Å². The summed E-state index contributed by atoms with van der Waals surface area (Å²) >= 11 is 0. The molecular weight excluding hydrogens is 264 g/mol. The van der Waals surface area contributed by atoms with Gasteiger partial charge >= 0.3 is 0 Å². The number of quaternary nitrogens is 1. The van der Waals surface area contributed by atoms with Crippen molar-refractivity contribution in [2.75, 3.05) is 26.7 Å². The van der Waals surface area contributed by atoms with Gasteiger partial charge in [0.25, 0.3) is 0 Å². The average molecular weight is 289 g/mol. The molecule has 0 aliphatic carbocycles. The minimum absolute atomic E-state index is 0.213. The molecule has 2 rings (SSSR count). The number of rotatable bonds is 6. The molecule has 0 unspecified atom stereocenters. The van der Waals surface area contributed by atoms with Crippen LogP contribution >= 0.6 is 0 Å². The van der Waals surface area contributed by atoms with Crippen molar-refractivity contribution >= 4 is 16.7 Å². The van der Waals surface area contributed by atoms with Crippen LogP contribution < -0.4 is 9.64 Å². The molecule has 0 atom stereocenters. The highest BCUT2D eigenvalue weighted by molar-refractivity contribution is 6.10. The summed E-state index contributed by atoms with van der Waals surface area (Å²) in [5.74, 6) is 1.00. The summed E-state index contributed by atoms with van der Waals surface area (Å²) in [6.07, 6.45) is 0. The number of benzene rings is 1. The fraction of sp³-hybridized carbons (Fsp3) is 0.471. The normalized spacial score (nSPS) is 11.3. The Labute approximate surface area is 126 Å². The van der Waals surface area contributed by atoms with Crippen LogP contribution in [0.4, 0.5) is 0 Å². The number of ether oxygens (including phenoxy) is 1. The number of carbonyl (C=O) groups excluding carboxylic acids is 1. The molecule has 4 nitrogen and oxygen atoms in total. The number of nitrogens with zero attached hydrogens (tertiary/aromatic N) is 1. The van der Waals surface area contributed by atoms with Crippen molar-refractivity contribution in [2.24, 2.45) is 7.05 Å². The predicted octanol–water partition coefficient (Wildman–Crippen LogP) is 1.60. The topological polar surface area (TPSA) is 35.7 Å². The number of aryl methyl sites for hydroxylation is 1. The van der Waals surface area contributed by atoms with Gasteiger partial charge in [-0.15, -0.1) is 0 Å². The van der Waals surface area contributed by atoms with Gasteiger partial charge in [0.2, 0.25) is 5.78 Å². The van der Waals surface area contributed by atoms with Crippen molar-refractivity contribution in [1.82, 2.24) is 4.57 Å². The van der Waals surface area contributed by atoms with E-state index in [1.54, 1.807) is 7.11 Å². The van der Waals surface area contributed by atoms with Gasteiger partial charge in [-0.25, -0.2) is 0 Å². The van der Waals surface area contributed by atoms with Gasteiger partial charge in [0.05, 0.1) is 25.8 Å². The predicted molar refractivity (Wildman–Crippen MR) is 85.5 cm³/mol. The highest BCUT2D eigenvalue weighted by Crippen LogP contribution is 2.28. The zero-order chi connectivity index (χ0) is 15.6. The summed E-state index contributed by atoms with van der Waals surface area (Å²) in [7, 11) is 3.66. The fourth-order valence-electron chi connectivity index (χ4n) is 2.85. The van der Waals surface area contributed by atoms with Crippen molar-refractivity contribution in [3.05, 3.63) is 29.5 Å². The second-order valence-corrected chi connectivity index (χ2v) is 5.46. The third kappa shape index (κ3) is 2.81. The van der Waals surface area contributed by atoms with Crippen molar-refractivity contribution in [3.8, 4) is 5.75 Å². The maximum Gasteiger partial charge on any atom is 0.219 e. The molecule has 0 amide bonds. The Kier molecular flexibility index (Phi) is 4.68. The van der Waals surface area contributed by atoms with E-state index in [1.165, 1.54) is 4.90 Å². The molecule has 0 aliphatic rings. The van der Waals surface area contributed by atoms with E-state index in [0.29, 0.717) is 6.54 Å². The quantitative estimate of drug-likeness (QED) is 0.820. The van der Waals surface area contributed by atoms with E-state index in [-0.39, 0.29) is 5.78 Å². The molecule has 0 fully saturated rings. The third-order valence-corrected chi connectivity index (χ3v) is 4.39. The van der Waals surface area contributed by atoms with Crippen LogP contribution in [0.1, 0.15) is 29.9 Å². The van der Waals surface area contributed by atoms with Crippen LogP contribution in [0.25, 0.3) is 10.9 Å². The number of ketones is 1. The Hall–Kier alpha value is -1.81. The van der Waals surface area contributed by atoms with Gasteiger partial charge in [0.1, 0.15) is 12.3 Å². The Bertz CT molecular complexity index is 654. The Morgan fingerprint density at radius 3 is 2.52 bits per heavy atom. The molecule has 1 N–H and O–H groups in total. The zero-order valence-electron chi connectivity index (χ0n) is 13.6. The first-order chi connectivity index (χ1) is 10.0. The minimum atomic E-state index is 0.213. The third-order valence-electron chi connectivity index (χ3n) is 4.39. The van der Waals surface area contributed by atoms with Gasteiger partial charge in [-0.05, 0) is 39.0 Å². The molecule has 4 heteroatoms. The second kappa shape index (κ2) is 6.31. The van der Waals surface area contributed by atoms with Crippen LogP contribution in [0.15, 0.2) is 18.2 Å².